The van der Waals surface area contributed by atoms with Crippen molar-refractivity contribution in [3.8, 4) is 11.1 Å². The number of halogens is 4. The molecule has 4 rings (SSSR count). The summed E-state index contributed by atoms with van der Waals surface area (Å²) in [5.74, 6) is -2.62. The zero-order chi connectivity index (χ0) is 32.9. The number of hydrogen-bond donors (Lipinski definition) is 2. The number of alkyl halides is 4. The van der Waals surface area contributed by atoms with Crippen LogP contribution in [0.2, 0.25) is 0 Å². The molecule has 2 N–H and O–H groups in total. The molecule has 1 aliphatic carbocycles. The third-order valence-electron chi connectivity index (χ3n) is 8.20. The van der Waals surface area contributed by atoms with Gasteiger partial charge in [-0.1, -0.05) is 86.7 Å². The Hall–Kier alpha value is -4.25. The predicted octanol–water partition coefficient (Wildman–Crippen LogP) is 6.32. The van der Waals surface area contributed by atoms with Crippen molar-refractivity contribution in [2.75, 3.05) is 6.54 Å². The Morgan fingerprint density at radius 1 is 1.02 bits per heavy atom. The third-order valence-corrected chi connectivity index (χ3v) is 8.20. The second kappa shape index (κ2) is 13.8. The highest BCUT2D eigenvalue weighted by Gasteiger charge is 2.59. The first kappa shape index (κ1) is 33.6. The van der Waals surface area contributed by atoms with E-state index in [1.165, 1.54) is 13.0 Å². The molecular weight excluding hydrogens is 590 g/mol. The average Bonchev–Trinajstić information content (AvgIpc) is 2.99. The smallest absolute Gasteiger partial charge is 0.426 e. The number of aliphatic carboxylic acids is 1. The fraction of sp³-hybridized carbons (Fsp3) is 0.382. The molecule has 11 heteroatoms. The summed E-state index contributed by atoms with van der Waals surface area (Å²) in [5.41, 5.74) is -2.86. The van der Waals surface area contributed by atoms with Crippen LogP contribution in [0.4, 0.5) is 17.6 Å². The monoisotopic (exact) mass is 627 g/mol. The van der Waals surface area contributed by atoms with E-state index in [9.17, 15) is 27.6 Å². The molecule has 3 aromatic rings. The molecule has 0 saturated heterocycles. The first-order chi connectivity index (χ1) is 21.2. The number of nitrogens with zero attached hydrogens (tertiary/aromatic N) is 2. The summed E-state index contributed by atoms with van der Waals surface area (Å²) >= 11 is 0. The lowest BCUT2D eigenvalue weighted by molar-refractivity contribution is -0.225. The lowest BCUT2D eigenvalue weighted by Crippen LogP contribution is -2.50. The van der Waals surface area contributed by atoms with Crippen molar-refractivity contribution >= 4 is 5.97 Å². The Kier molecular flexibility index (Phi) is 10.3. The molecule has 0 spiro atoms. The number of benzene rings is 2. The molecule has 2 unspecified atom stereocenters. The van der Waals surface area contributed by atoms with E-state index in [2.05, 4.69) is 5.32 Å². The number of carboxylic acids is 1. The SMILES string of the molecule is Cc1c(-c2cccc(C(C)C)c2)c(=O)n(C[C@H](NCCCC(=O)O)c2ccccc2)c(=O)n1CC1C=CC=CC1(F)C(F)(F)F. The Morgan fingerprint density at radius 2 is 1.71 bits per heavy atom. The van der Waals surface area contributed by atoms with E-state index < -0.39 is 47.6 Å². The maximum Gasteiger partial charge on any atom is 0.426 e. The number of allylic oxidation sites excluding steroid dienone is 4. The highest BCUT2D eigenvalue weighted by molar-refractivity contribution is 5.66. The van der Waals surface area contributed by atoms with Crippen molar-refractivity contribution in [3.63, 3.8) is 0 Å². The zero-order valence-electron chi connectivity index (χ0n) is 25.4. The summed E-state index contributed by atoms with van der Waals surface area (Å²) in [7, 11) is 0. The molecule has 0 fully saturated rings. The minimum Gasteiger partial charge on any atom is -0.481 e. The maximum absolute atomic E-state index is 15.6. The van der Waals surface area contributed by atoms with Gasteiger partial charge in [-0.05, 0) is 48.6 Å². The quantitative estimate of drug-likeness (QED) is 0.181. The van der Waals surface area contributed by atoms with E-state index in [-0.39, 0.29) is 43.1 Å². The molecule has 0 amide bonds. The highest BCUT2D eigenvalue weighted by atomic mass is 19.4. The Balaban J connectivity index is 1.89. The van der Waals surface area contributed by atoms with Crippen LogP contribution in [0.25, 0.3) is 11.1 Å². The molecule has 45 heavy (non-hydrogen) atoms. The van der Waals surface area contributed by atoms with Crippen LogP contribution in [0.3, 0.4) is 0 Å². The van der Waals surface area contributed by atoms with Crippen LogP contribution in [0.15, 0.2) is 88.5 Å². The van der Waals surface area contributed by atoms with E-state index in [0.717, 1.165) is 32.4 Å². The molecule has 1 aliphatic rings. The van der Waals surface area contributed by atoms with Gasteiger partial charge in [-0.25, -0.2) is 9.18 Å². The van der Waals surface area contributed by atoms with E-state index >= 15 is 4.39 Å². The normalized spacial score (nSPS) is 18.8. The van der Waals surface area contributed by atoms with Gasteiger partial charge in [-0.3, -0.25) is 18.7 Å². The van der Waals surface area contributed by atoms with E-state index in [1.54, 1.807) is 42.5 Å². The lowest BCUT2D eigenvalue weighted by Gasteiger charge is -2.34. The second-order valence-corrected chi connectivity index (χ2v) is 11.6. The summed E-state index contributed by atoms with van der Waals surface area (Å²) in [6, 6.07) is 15.5. The third kappa shape index (κ3) is 7.36. The average molecular weight is 628 g/mol. The molecule has 0 saturated carbocycles. The van der Waals surface area contributed by atoms with Gasteiger partial charge in [0.1, 0.15) is 0 Å². The summed E-state index contributed by atoms with van der Waals surface area (Å²) in [4.78, 5) is 39.3. The first-order valence-corrected chi connectivity index (χ1v) is 14.8. The summed E-state index contributed by atoms with van der Waals surface area (Å²) in [5, 5.41) is 12.3. The van der Waals surface area contributed by atoms with Gasteiger partial charge in [0.2, 0.25) is 5.67 Å². The number of nitrogens with one attached hydrogen (secondary N) is 1. The van der Waals surface area contributed by atoms with Crippen LogP contribution in [-0.2, 0) is 17.9 Å². The van der Waals surface area contributed by atoms with Gasteiger partial charge >= 0.3 is 17.8 Å². The Morgan fingerprint density at radius 3 is 2.36 bits per heavy atom. The topological polar surface area (TPSA) is 93.3 Å². The fourth-order valence-corrected chi connectivity index (χ4v) is 5.59. The number of carbonyl (C=O) groups is 1. The summed E-state index contributed by atoms with van der Waals surface area (Å²) < 4.78 is 59.6. The van der Waals surface area contributed by atoms with Crippen LogP contribution in [-0.4, -0.2) is 38.6 Å². The molecule has 3 atom stereocenters. The minimum atomic E-state index is -5.24. The van der Waals surface area contributed by atoms with Gasteiger partial charge in [0.25, 0.3) is 5.56 Å². The van der Waals surface area contributed by atoms with Crippen LogP contribution in [0.1, 0.15) is 55.5 Å². The molecular formula is C34H37F4N3O4. The van der Waals surface area contributed by atoms with Gasteiger partial charge in [0, 0.05) is 24.6 Å². The highest BCUT2D eigenvalue weighted by Crippen LogP contribution is 2.44. The van der Waals surface area contributed by atoms with Gasteiger partial charge in [0.05, 0.1) is 18.2 Å². The minimum absolute atomic E-state index is 0.0876. The van der Waals surface area contributed by atoms with Crippen LogP contribution in [0, 0.1) is 12.8 Å². The predicted molar refractivity (Wildman–Crippen MR) is 165 cm³/mol. The van der Waals surface area contributed by atoms with Crippen LogP contribution < -0.4 is 16.6 Å². The van der Waals surface area contributed by atoms with Crippen molar-refractivity contribution in [1.29, 1.82) is 0 Å². The van der Waals surface area contributed by atoms with Crippen molar-refractivity contribution in [1.82, 2.24) is 14.5 Å². The van der Waals surface area contributed by atoms with E-state index in [1.807, 2.05) is 26.0 Å². The van der Waals surface area contributed by atoms with E-state index in [0.29, 0.717) is 11.6 Å². The molecule has 7 nitrogen and oxygen atoms in total. The summed E-state index contributed by atoms with van der Waals surface area (Å²) in [6.45, 7) is 4.84. The van der Waals surface area contributed by atoms with Gasteiger partial charge in [0.15, 0.2) is 0 Å². The lowest BCUT2D eigenvalue weighted by atomic mass is 9.84. The number of carboxylic acid groups (broad SMARTS) is 1. The Bertz CT molecular complexity index is 1690. The molecule has 1 aromatic heterocycles. The molecule has 1 heterocycles. The van der Waals surface area contributed by atoms with Gasteiger partial charge in [-0.2, -0.15) is 13.2 Å². The second-order valence-electron chi connectivity index (χ2n) is 11.6. The van der Waals surface area contributed by atoms with Crippen LogP contribution in [0.5, 0.6) is 0 Å². The molecule has 240 valence electrons. The van der Waals surface area contributed by atoms with Crippen LogP contribution >= 0.6 is 0 Å². The fourth-order valence-electron chi connectivity index (χ4n) is 5.59. The molecule has 0 aliphatic heterocycles. The number of rotatable bonds is 12. The van der Waals surface area contributed by atoms with E-state index in [4.69, 9.17) is 5.11 Å². The van der Waals surface area contributed by atoms with Gasteiger partial charge < -0.3 is 10.4 Å². The molecule has 2 aromatic carbocycles. The zero-order valence-corrected chi connectivity index (χ0v) is 25.4. The summed E-state index contributed by atoms with van der Waals surface area (Å²) in [6.07, 6.45) is -1.20. The maximum atomic E-state index is 15.6. The standard InChI is InChI=1S/C34H37F4N3O4/c1-22(2)25-13-9-14-26(19-25)30-23(3)40(20-27-15-7-8-17-33(27,35)34(36,37)38)32(45)41(31(30)44)21-28(24-11-5-4-6-12-24)39-18-10-16-29(42)43/h4-9,11-15,17,19,22,27-28,39H,10,16,18,20-21H2,1-3H3,(H,42,43)/t27?,28-,33?/m0/s1. The molecule has 0 radical (unpaired) electrons. The molecule has 0 bridgehead atoms. The van der Waals surface area contributed by atoms with Crippen molar-refractivity contribution in [2.45, 2.75) is 70.5 Å². The number of hydrogen-bond acceptors (Lipinski definition) is 4. The Labute approximate surface area is 258 Å². The van der Waals surface area contributed by atoms with Crippen molar-refractivity contribution in [3.05, 3.63) is 117 Å². The van der Waals surface area contributed by atoms with Crippen molar-refractivity contribution < 1.29 is 27.5 Å². The van der Waals surface area contributed by atoms with Crippen molar-refractivity contribution in [2.24, 2.45) is 5.92 Å². The largest absolute Gasteiger partial charge is 0.481 e. The van der Waals surface area contributed by atoms with Gasteiger partial charge in [-0.15, -0.1) is 0 Å². The first-order valence-electron chi connectivity index (χ1n) is 14.8. The number of aromatic nitrogens is 2.